The molecule has 24 heavy (non-hydrogen) atoms. The maximum absolute atomic E-state index is 12.7. The van der Waals surface area contributed by atoms with E-state index in [1.54, 1.807) is 7.05 Å². The van der Waals surface area contributed by atoms with Crippen LogP contribution in [0.15, 0.2) is 0 Å². The van der Waals surface area contributed by atoms with Crippen LogP contribution in [0.1, 0.15) is 59.3 Å². The van der Waals surface area contributed by atoms with Gasteiger partial charge in [-0.05, 0) is 0 Å². The van der Waals surface area contributed by atoms with E-state index < -0.39 is 25.0 Å². The second-order valence-electron chi connectivity index (χ2n) is 6.56. The zero-order valence-electron chi connectivity index (χ0n) is 15.4. The van der Waals surface area contributed by atoms with Crippen LogP contribution in [0, 0.1) is 0 Å². The summed E-state index contributed by atoms with van der Waals surface area (Å²) in [6.07, 6.45) is 6.93. The summed E-state index contributed by atoms with van der Waals surface area (Å²) in [5.74, 6) is 0.0206. The first-order valence-corrected chi connectivity index (χ1v) is 17.0. The van der Waals surface area contributed by atoms with Gasteiger partial charge in [-0.2, -0.15) is 0 Å². The van der Waals surface area contributed by atoms with Crippen molar-refractivity contribution in [3.05, 3.63) is 5.02 Å². The van der Waals surface area contributed by atoms with Gasteiger partial charge in [0.05, 0.1) is 0 Å². The van der Waals surface area contributed by atoms with Gasteiger partial charge in [0.2, 0.25) is 0 Å². The van der Waals surface area contributed by atoms with E-state index in [1.807, 2.05) is 0 Å². The standard InChI is InChI=1S/C5H4ClF2N2O.3C4H9.Sn/c1-10-4(11-5(7)8)3(6)2-9-10;3*1-3-4-2;/h5H,1H3;3*1,3-4H2,2H3;. The summed E-state index contributed by atoms with van der Waals surface area (Å²) in [5, 5.41) is 4.96. The third-order valence-corrected chi connectivity index (χ3v) is 20.6. The topological polar surface area (TPSA) is 27.1 Å². The summed E-state index contributed by atoms with van der Waals surface area (Å²) in [7, 11) is 1.64. The van der Waals surface area contributed by atoms with E-state index >= 15 is 0 Å². The molecule has 1 heterocycles. The predicted octanol–water partition coefficient (Wildman–Crippen LogP) is 5.73. The van der Waals surface area contributed by atoms with Crippen LogP contribution in [0.2, 0.25) is 18.3 Å². The Bertz CT molecular complexity index is 475. The Morgan fingerprint density at radius 3 is 1.88 bits per heavy atom. The molecule has 140 valence electrons. The average Bonchev–Trinajstić information content (AvgIpc) is 2.83. The minimum absolute atomic E-state index is 0.0206. The van der Waals surface area contributed by atoms with E-state index in [9.17, 15) is 8.78 Å². The normalized spacial score (nSPS) is 12.2. The molecular weight excluding hydrogens is 440 g/mol. The first-order chi connectivity index (χ1) is 11.4. The molecule has 0 fully saturated rings. The summed E-state index contributed by atoms with van der Waals surface area (Å²) in [5.41, 5.74) is 0. The van der Waals surface area contributed by atoms with Gasteiger partial charge in [-0.15, -0.1) is 0 Å². The predicted molar refractivity (Wildman–Crippen MR) is 99.4 cm³/mol. The summed E-state index contributed by atoms with van der Waals surface area (Å²) in [6, 6.07) is 0. The molecular formula is C17H31ClF2N2OSn. The van der Waals surface area contributed by atoms with Crippen LogP contribution in [0.4, 0.5) is 8.78 Å². The number of nitrogens with zero attached hydrogens (tertiary/aromatic N) is 2. The fraction of sp³-hybridized carbons (Fsp3) is 0.824. The molecule has 0 bridgehead atoms. The minimum atomic E-state index is -2.88. The van der Waals surface area contributed by atoms with Crippen molar-refractivity contribution < 1.29 is 13.5 Å². The van der Waals surface area contributed by atoms with Crippen molar-refractivity contribution in [2.75, 3.05) is 0 Å². The number of hydrogen-bond acceptors (Lipinski definition) is 2. The Kier molecular flexibility index (Phi) is 9.94. The van der Waals surface area contributed by atoms with E-state index in [0.717, 1.165) is 23.0 Å². The number of ether oxygens (including phenoxy) is 1. The summed E-state index contributed by atoms with van der Waals surface area (Å²) < 4.78 is 35.9. The van der Waals surface area contributed by atoms with E-state index in [4.69, 9.17) is 11.6 Å². The molecule has 0 aromatic carbocycles. The Morgan fingerprint density at radius 1 is 1.04 bits per heavy atom. The molecule has 0 aliphatic rings. The SMILES string of the molecule is CCC[CH2][Sn]([CH2]CCC)([CH2]CCC)[c]1nn(C)c(OC(F)F)c1Cl. The quantitative estimate of drug-likeness (QED) is 0.364. The third kappa shape index (κ3) is 5.75. The number of hydrogen-bond donors (Lipinski definition) is 0. The van der Waals surface area contributed by atoms with Crippen LogP contribution in [0.25, 0.3) is 0 Å². The van der Waals surface area contributed by atoms with E-state index in [-0.39, 0.29) is 5.88 Å². The molecule has 1 aromatic rings. The molecule has 0 saturated heterocycles. The zero-order chi connectivity index (χ0) is 18.2. The van der Waals surface area contributed by atoms with Crippen molar-refractivity contribution in [3.8, 4) is 5.88 Å². The summed E-state index contributed by atoms with van der Waals surface area (Å²) in [6.45, 7) is 3.71. The van der Waals surface area contributed by atoms with Gasteiger partial charge in [0.1, 0.15) is 0 Å². The number of halogens is 3. The molecule has 7 heteroatoms. The Labute approximate surface area is 154 Å². The molecule has 0 amide bonds. The van der Waals surface area contributed by atoms with Crippen molar-refractivity contribution in [2.24, 2.45) is 7.05 Å². The van der Waals surface area contributed by atoms with Crippen molar-refractivity contribution >= 4 is 33.7 Å². The molecule has 0 radical (unpaired) electrons. The van der Waals surface area contributed by atoms with Crippen molar-refractivity contribution in [2.45, 2.75) is 79.2 Å². The van der Waals surface area contributed by atoms with Gasteiger partial charge in [0.15, 0.2) is 0 Å². The van der Waals surface area contributed by atoms with Crippen molar-refractivity contribution in [1.29, 1.82) is 0 Å². The van der Waals surface area contributed by atoms with Crippen molar-refractivity contribution in [1.82, 2.24) is 9.78 Å². The molecule has 0 aliphatic heterocycles. The first kappa shape index (κ1) is 22.0. The molecule has 3 nitrogen and oxygen atoms in total. The van der Waals surface area contributed by atoms with Crippen molar-refractivity contribution in [3.63, 3.8) is 0 Å². The number of aryl methyl sites for hydroxylation is 1. The number of alkyl halides is 2. The van der Waals surface area contributed by atoms with Crippen LogP contribution < -0.4 is 8.45 Å². The van der Waals surface area contributed by atoms with E-state index in [2.05, 4.69) is 30.6 Å². The van der Waals surface area contributed by atoms with Crippen LogP contribution >= 0.6 is 11.6 Å². The summed E-state index contributed by atoms with van der Waals surface area (Å²) >= 11 is 3.67. The maximum atomic E-state index is 12.7. The van der Waals surface area contributed by atoms with Crippen LogP contribution in [-0.4, -0.2) is 34.8 Å². The van der Waals surface area contributed by atoms with Crippen LogP contribution in [0.3, 0.4) is 0 Å². The molecule has 1 aromatic heterocycles. The van der Waals surface area contributed by atoms with Gasteiger partial charge >= 0.3 is 154 Å². The van der Waals surface area contributed by atoms with Gasteiger partial charge in [-0.3, -0.25) is 0 Å². The molecule has 0 aliphatic carbocycles. The monoisotopic (exact) mass is 472 g/mol. The van der Waals surface area contributed by atoms with E-state index in [0.29, 0.717) is 5.02 Å². The van der Waals surface area contributed by atoms with Gasteiger partial charge in [-0.25, -0.2) is 0 Å². The molecule has 1 rings (SSSR count). The Hall–Kier alpha value is -0.0413. The zero-order valence-corrected chi connectivity index (χ0v) is 19.0. The van der Waals surface area contributed by atoms with Crippen LogP contribution in [-0.2, 0) is 7.05 Å². The molecule has 0 unspecified atom stereocenters. The molecule has 0 atom stereocenters. The number of unbranched alkanes of at least 4 members (excludes halogenated alkanes) is 3. The van der Waals surface area contributed by atoms with Crippen LogP contribution in [0.5, 0.6) is 5.88 Å². The van der Waals surface area contributed by atoms with Gasteiger partial charge in [-0.1, -0.05) is 0 Å². The molecule has 0 saturated carbocycles. The Balaban J connectivity index is 3.29. The van der Waals surface area contributed by atoms with Gasteiger partial charge < -0.3 is 0 Å². The Morgan fingerprint density at radius 2 is 1.50 bits per heavy atom. The fourth-order valence-corrected chi connectivity index (χ4v) is 20.5. The number of aromatic nitrogens is 2. The summed E-state index contributed by atoms with van der Waals surface area (Å²) in [4.78, 5) is 0. The third-order valence-electron chi connectivity index (χ3n) is 4.67. The van der Waals surface area contributed by atoms with Gasteiger partial charge in [0.25, 0.3) is 0 Å². The first-order valence-electron chi connectivity index (χ1n) is 9.09. The van der Waals surface area contributed by atoms with Gasteiger partial charge in [0, 0.05) is 0 Å². The second kappa shape index (κ2) is 10.8. The second-order valence-corrected chi connectivity index (χ2v) is 19.9. The number of rotatable bonds is 12. The molecule has 0 spiro atoms. The van der Waals surface area contributed by atoms with E-state index in [1.165, 1.54) is 37.3 Å². The average molecular weight is 472 g/mol. The molecule has 0 N–H and O–H groups in total. The fourth-order valence-electron chi connectivity index (χ4n) is 3.31.